The maximum absolute atomic E-state index is 10.4. The van der Waals surface area contributed by atoms with Gasteiger partial charge in [-0.2, -0.15) is 0 Å². The van der Waals surface area contributed by atoms with E-state index in [-0.39, 0.29) is 0 Å². The summed E-state index contributed by atoms with van der Waals surface area (Å²) in [4.78, 5) is 12.9. The molecule has 1 aliphatic carbocycles. The van der Waals surface area contributed by atoms with Crippen LogP contribution in [0.5, 0.6) is 0 Å². The lowest BCUT2D eigenvalue weighted by Crippen LogP contribution is -2.35. The molecule has 0 aromatic carbocycles. The van der Waals surface area contributed by atoms with Crippen LogP contribution in [0.1, 0.15) is 64.7 Å². The minimum atomic E-state index is -0.666. The first-order chi connectivity index (χ1) is 8.63. The normalized spacial score (nSPS) is 24.4. The smallest absolute Gasteiger partial charge is 0.303 e. The molecule has 1 aliphatic rings. The Balaban J connectivity index is 2.06. The lowest BCUT2D eigenvalue weighted by molar-refractivity contribution is -0.137. The fourth-order valence-corrected chi connectivity index (χ4v) is 2.99. The average molecular weight is 255 g/mol. The van der Waals surface area contributed by atoms with Gasteiger partial charge in [0.15, 0.2) is 0 Å². The van der Waals surface area contributed by atoms with E-state index in [4.69, 9.17) is 5.11 Å². The highest BCUT2D eigenvalue weighted by Crippen LogP contribution is 2.28. The summed E-state index contributed by atoms with van der Waals surface area (Å²) in [6, 6.07) is 0.771. The second-order valence-electron chi connectivity index (χ2n) is 5.77. The van der Waals surface area contributed by atoms with Gasteiger partial charge in [-0.05, 0) is 58.0 Å². The predicted molar refractivity (Wildman–Crippen MR) is 74.8 cm³/mol. The van der Waals surface area contributed by atoms with E-state index in [9.17, 15) is 4.79 Å². The summed E-state index contributed by atoms with van der Waals surface area (Å²) < 4.78 is 0. The molecule has 0 amide bonds. The lowest BCUT2D eigenvalue weighted by Gasteiger charge is -2.34. The van der Waals surface area contributed by atoms with Gasteiger partial charge in [0.2, 0.25) is 0 Å². The van der Waals surface area contributed by atoms with Gasteiger partial charge in [-0.3, -0.25) is 4.79 Å². The molecule has 0 aliphatic heterocycles. The molecule has 106 valence electrons. The molecule has 0 unspecified atom stereocenters. The van der Waals surface area contributed by atoms with Crippen molar-refractivity contribution in [1.82, 2.24) is 4.90 Å². The molecular weight excluding hydrogens is 226 g/mol. The van der Waals surface area contributed by atoms with Gasteiger partial charge in [-0.15, -0.1) is 0 Å². The van der Waals surface area contributed by atoms with Crippen LogP contribution in [0.2, 0.25) is 0 Å². The molecule has 3 heteroatoms. The van der Waals surface area contributed by atoms with Crippen LogP contribution in [0.3, 0.4) is 0 Å². The van der Waals surface area contributed by atoms with Crippen LogP contribution < -0.4 is 0 Å². The SMILES string of the molecule is CCC1CCC(N(C)CCCCCC(=O)O)CC1. The zero-order valence-corrected chi connectivity index (χ0v) is 12.0. The Labute approximate surface area is 112 Å². The number of carbonyl (C=O) groups is 1. The maximum Gasteiger partial charge on any atom is 0.303 e. The molecule has 1 N–H and O–H groups in total. The molecule has 0 radical (unpaired) electrons. The molecule has 18 heavy (non-hydrogen) atoms. The van der Waals surface area contributed by atoms with E-state index in [1.165, 1.54) is 32.1 Å². The molecule has 0 spiro atoms. The highest BCUT2D eigenvalue weighted by Gasteiger charge is 2.22. The first-order valence-corrected chi connectivity index (χ1v) is 7.55. The summed E-state index contributed by atoms with van der Waals surface area (Å²) in [7, 11) is 2.23. The van der Waals surface area contributed by atoms with Gasteiger partial charge in [0, 0.05) is 12.5 Å². The second-order valence-corrected chi connectivity index (χ2v) is 5.77. The molecule has 0 heterocycles. The van der Waals surface area contributed by atoms with Crippen molar-refractivity contribution in [1.29, 1.82) is 0 Å². The van der Waals surface area contributed by atoms with Gasteiger partial charge in [-0.1, -0.05) is 19.8 Å². The number of nitrogens with zero attached hydrogens (tertiary/aromatic N) is 1. The zero-order valence-electron chi connectivity index (χ0n) is 12.0. The molecule has 1 saturated carbocycles. The van der Waals surface area contributed by atoms with Crippen LogP contribution in [0.15, 0.2) is 0 Å². The third-order valence-electron chi connectivity index (χ3n) is 4.42. The highest BCUT2D eigenvalue weighted by atomic mass is 16.4. The molecule has 0 bridgehead atoms. The number of unbranched alkanes of at least 4 members (excludes halogenated alkanes) is 2. The van der Waals surface area contributed by atoms with Crippen LogP contribution in [-0.4, -0.2) is 35.6 Å². The van der Waals surface area contributed by atoms with E-state index in [1.807, 2.05) is 0 Å². The van der Waals surface area contributed by atoms with Crippen molar-refractivity contribution < 1.29 is 9.90 Å². The molecule has 1 rings (SSSR count). The first-order valence-electron chi connectivity index (χ1n) is 7.55. The predicted octanol–water partition coefficient (Wildman–Crippen LogP) is 3.53. The average Bonchev–Trinajstić information content (AvgIpc) is 2.38. The Morgan fingerprint density at radius 3 is 2.39 bits per heavy atom. The van der Waals surface area contributed by atoms with Crippen LogP contribution >= 0.6 is 0 Å². The van der Waals surface area contributed by atoms with Crippen LogP contribution in [0.4, 0.5) is 0 Å². The van der Waals surface area contributed by atoms with E-state index in [0.29, 0.717) is 6.42 Å². The van der Waals surface area contributed by atoms with Gasteiger partial charge in [-0.25, -0.2) is 0 Å². The monoisotopic (exact) mass is 255 g/mol. The number of hydrogen-bond acceptors (Lipinski definition) is 2. The second kappa shape index (κ2) is 8.52. The molecule has 0 aromatic heterocycles. The molecule has 0 saturated heterocycles. The molecule has 0 aromatic rings. The van der Waals surface area contributed by atoms with Gasteiger partial charge in [0.25, 0.3) is 0 Å². The third-order valence-corrected chi connectivity index (χ3v) is 4.42. The Hall–Kier alpha value is -0.570. The maximum atomic E-state index is 10.4. The standard InChI is InChI=1S/C15H29NO2/c1-3-13-8-10-14(11-9-13)16(2)12-6-4-5-7-15(17)18/h13-14H,3-12H2,1-2H3,(H,17,18). The van der Waals surface area contributed by atoms with E-state index < -0.39 is 5.97 Å². The summed E-state index contributed by atoms with van der Waals surface area (Å²) in [6.07, 6.45) is 10.2. The van der Waals surface area contributed by atoms with Crippen molar-refractivity contribution in [3.8, 4) is 0 Å². The van der Waals surface area contributed by atoms with Gasteiger partial charge in [0.1, 0.15) is 0 Å². The van der Waals surface area contributed by atoms with E-state index in [0.717, 1.165) is 37.8 Å². The number of carboxylic acids is 1. The summed E-state index contributed by atoms with van der Waals surface area (Å²) in [5.41, 5.74) is 0. The summed E-state index contributed by atoms with van der Waals surface area (Å²) in [6.45, 7) is 3.43. The molecule has 3 nitrogen and oxygen atoms in total. The van der Waals surface area contributed by atoms with Crippen LogP contribution in [-0.2, 0) is 4.79 Å². The Kier molecular flexibility index (Phi) is 7.33. The minimum Gasteiger partial charge on any atom is -0.481 e. The largest absolute Gasteiger partial charge is 0.481 e. The van der Waals surface area contributed by atoms with E-state index in [2.05, 4.69) is 18.9 Å². The third kappa shape index (κ3) is 5.85. The molecule has 1 fully saturated rings. The van der Waals surface area contributed by atoms with Crippen molar-refractivity contribution in [2.45, 2.75) is 70.8 Å². The van der Waals surface area contributed by atoms with Crippen molar-refractivity contribution in [2.75, 3.05) is 13.6 Å². The first kappa shape index (κ1) is 15.5. The quantitative estimate of drug-likeness (QED) is 0.674. The summed E-state index contributed by atoms with van der Waals surface area (Å²) in [5.74, 6) is 0.298. The summed E-state index contributed by atoms with van der Waals surface area (Å²) in [5, 5.41) is 8.56. The van der Waals surface area contributed by atoms with E-state index >= 15 is 0 Å². The fourth-order valence-electron chi connectivity index (χ4n) is 2.99. The van der Waals surface area contributed by atoms with Gasteiger partial charge < -0.3 is 10.0 Å². The highest BCUT2D eigenvalue weighted by molar-refractivity contribution is 5.66. The summed E-state index contributed by atoms with van der Waals surface area (Å²) >= 11 is 0. The zero-order chi connectivity index (χ0) is 13.4. The van der Waals surface area contributed by atoms with Crippen molar-refractivity contribution in [2.24, 2.45) is 5.92 Å². The van der Waals surface area contributed by atoms with Crippen molar-refractivity contribution in [3.63, 3.8) is 0 Å². The van der Waals surface area contributed by atoms with Gasteiger partial charge in [0.05, 0.1) is 0 Å². The minimum absolute atomic E-state index is 0.325. The number of hydrogen-bond donors (Lipinski definition) is 1. The number of rotatable bonds is 8. The molecular formula is C15H29NO2. The van der Waals surface area contributed by atoms with Crippen molar-refractivity contribution in [3.05, 3.63) is 0 Å². The number of carboxylic acid groups (broad SMARTS) is 1. The fraction of sp³-hybridized carbons (Fsp3) is 0.933. The Morgan fingerprint density at radius 1 is 1.17 bits per heavy atom. The Morgan fingerprint density at radius 2 is 1.83 bits per heavy atom. The van der Waals surface area contributed by atoms with E-state index in [1.54, 1.807) is 0 Å². The number of aliphatic carboxylic acids is 1. The topological polar surface area (TPSA) is 40.5 Å². The Bertz CT molecular complexity index is 235. The molecule has 0 atom stereocenters. The lowest BCUT2D eigenvalue weighted by atomic mass is 9.84. The van der Waals surface area contributed by atoms with Crippen LogP contribution in [0.25, 0.3) is 0 Å². The van der Waals surface area contributed by atoms with Gasteiger partial charge >= 0.3 is 5.97 Å². The van der Waals surface area contributed by atoms with Crippen molar-refractivity contribution >= 4 is 5.97 Å². The van der Waals surface area contributed by atoms with Crippen LogP contribution in [0, 0.1) is 5.92 Å².